The zero-order chi connectivity index (χ0) is 30.5. The van der Waals surface area contributed by atoms with Gasteiger partial charge in [0.2, 0.25) is 0 Å². The lowest BCUT2D eigenvalue weighted by Gasteiger charge is -2.24. The summed E-state index contributed by atoms with van der Waals surface area (Å²) in [5.74, 6) is -1.59. The van der Waals surface area contributed by atoms with Crippen LogP contribution in [0.1, 0.15) is 54.3 Å². The number of hydrogen-bond donors (Lipinski definition) is 2. The highest BCUT2D eigenvalue weighted by atomic mass is 32.2. The fourth-order valence-corrected chi connectivity index (χ4v) is 6.48. The van der Waals surface area contributed by atoms with Gasteiger partial charge >= 0.3 is 11.9 Å². The third-order valence-corrected chi connectivity index (χ3v) is 8.53. The van der Waals surface area contributed by atoms with E-state index >= 15 is 0 Å². The first-order chi connectivity index (χ1) is 21.5. The van der Waals surface area contributed by atoms with E-state index in [2.05, 4.69) is 0 Å². The van der Waals surface area contributed by atoms with Crippen molar-refractivity contribution in [1.82, 2.24) is 14.8 Å². The van der Waals surface area contributed by atoms with E-state index in [-0.39, 0.29) is 16.6 Å². The van der Waals surface area contributed by atoms with Crippen molar-refractivity contribution in [1.29, 1.82) is 0 Å². The molecule has 0 radical (unpaired) electrons. The van der Waals surface area contributed by atoms with E-state index in [0.29, 0.717) is 22.1 Å². The van der Waals surface area contributed by atoms with Crippen molar-refractivity contribution < 1.29 is 25.3 Å². The van der Waals surface area contributed by atoms with Gasteiger partial charge in [0, 0.05) is 5.56 Å². The smallest absolute Gasteiger partial charge is 0.336 e. The van der Waals surface area contributed by atoms with Gasteiger partial charge in [-0.05, 0) is 34.4 Å². The third kappa shape index (κ3) is 6.54. The Kier molecular flexibility index (Phi) is 9.52. The molecular weight excluding hydrogens is 586 g/mol. The molecule has 0 saturated carbocycles. The van der Waals surface area contributed by atoms with Gasteiger partial charge in [-0.2, -0.15) is 0 Å². The SMILES string of the molecule is O.O=C(O)c1ccccc1C(Sc1nc(-c2ccccc2)nn1C(c1ccccc1)c1ccccc1C(=O)O)c1ccccc1. The van der Waals surface area contributed by atoms with Gasteiger partial charge in [0.05, 0.1) is 16.4 Å². The number of aromatic nitrogens is 3. The predicted molar refractivity (Wildman–Crippen MR) is 174 cm³/mol. The average Bonchev–Trinajstić information content (AvgIpc) is 3.48. The maximum absolute atomic E-state index is 12.4. The summed E-state index contributed by atoms with van der Waals surface area (Å²) in [5.41, 5.74) is 4.05. The molecule has 0 bridgehead atoms. The molecule has 2 atom stereocenters. The van der Waals surface area contributed by atoms with E-state index in [0.717, 1.165) is 16.7 Å². The maximum atomic E-state index is 12.4. The molecule has 8 nitrogen and oxygen atoms in total. The number of carboxylic acids is 2. The van der Waals surface area contributed by atoms with Gasteiger partial charge < -0.3 is 15.7 Å². The number of nitrogens with zero attached hydrogens (tertiary/aromatic N) is 3. The fraction of sp³-hybridized carbons (Fsp3) is 0.0556. The second kappa shape index (κ2) is 13.9. The van der Waals surface area contributed by atoms with E-state index in [1.807, 2.05) is 109 Å². The first-order valence-corrected chi connectivity index (χ1v) is 14.8. The Bertz CT molecular complexity index is 1910. The molecule has 0 saturated heterocycles. The van der Waals surface area contributed by atoms with Crippen LogP contribution in [-0.2, 0) is 0 Å². The molecule has 0 amide bonds. The van der Waals surface area contributed by atoms with Gasteiger partial charge in [0.15, 0.2) is 11.0 Å². The summed E-state index contributed by atoms with van der Waals surface area (Å²) in [5, 5.41) is 25.3. The van der Waals surface area contributed by atoms with E-state index in [4.69, 9.17) is 10.1 Å². The second-order valence-corrected chi connectivity index (χ2v) is 11.1. The molecule has 0 aliphatic heterocycles. The minimum Gasteiger partial charge on any atom is -0.478 e. The predicted octanol–water partition coefficient (Wildman–Crippen LogP) is 7.04. The summed E-state index contributed by atoms with van der Waals surface area (Å²) in [7, 11) is 0. The summed E-state index contributed by atoms with van der Waals surface area (Å²) in [6.07, 6.45) is 0. The molecule has 224 valence electrons. The number of benzene rings is 5. The number of carboxylic acid groups (broad SMARTS) is 2. The molecule has 9 heteroatoms. The number of hydrogen-bond acceptors (Lipinski definition) is 5. The van der Waals surface area contributed by atoms with Crippen molar-refractivity contribution in [2.24, 2.45) is 0 Å². The Hall–Kier alpha value is -5.51. The van der Waals surface area contributed by atoms with Crippen molar-refractivity contribution >= 4 is 23.7 Å². The van der Waals surface area contributed by atoms with E-state index < -0.39 is 23.2 Å². The van der Waals surface area contributed by atoms with E-state index in [9.17, 15) is 19.8 Å². The average molecular weight is 616 g/mol. The Balaban J connectivity index is 0.00000400. The summed E-state index contributed by atoms with van der Waals surface area (Å²) < 4.78 is 1.77. The monoisotopic (exact) mass is 615 g/mol. The lowest BCUT2D eigenvalue weighted by atomic mass is 9.94. The van der Waals surface area contributed by atoms with Crippen molar-refractivity contribution in [3.05, 3.63) is 173 Å². The molecule has 2 unspecified atom stereocenters. The van der Waals surface area contributed by atoms with Gasteiger partial charge in [0.25, 0.3) is 0 Å². The highest BCUT2D eigenvalue weighted by Crippen LogP contribution is 2.44. The molecule has 5 aromatic carbocycles. The highest BCUT2D eigenvalue weighted by Gasteiger charge is 2.30. The Morgan fingerprint density at radius 2 is 1.07 bits per heavy atom. The quantitative estimate of drug-likeness (QED) is 0.158. The number of thioether (sulfide) groups is 1. The van der Waals surface area contributed by atoms with Gasteiger partial charge in [-0.1, -0.05) is 139 Å². The summed E-state index contributed by atoms with van der Waals surface area (Å²) >= 11 is 1.38. The van der Waals surface area contributed by atoms with Crippen molar-refractivity contribution in [2.45, 2.75) is 16.4 Å². The lowest BCUT2D eigenvalue weighted by molar-refractivity contribution is 0.0684. The van der Waals surface area contributed by atoms with Crippen LogP contribution in [0.25, 0.3) is 11.4 Å². The fourth-order valence-electron chi connectivity index (χ4n) is 5.25. The van der Waals surface area contributed by atoms with Gasteiger partial charge in [-0.15, -0.1) is 5.10 Å². The first-order valence-electron chi connectivity index (χ1n) is 13.9. The highest BCUT2D eigenvalue weighted by molar-refractivity contribution is 7.99. The normalized spacial score (nSPS) is 12.1. The standard InChI is InChI=1S/C36H27N3O4S.H2O/c40-34(41)29-22-12-10-20-27(29)31(24-14-4-1-5-15-24)39-36(37-33(38-39)26-18-8-3-9-19-26)44-32(25-16-6-2-7-17-25)28-21-11-13-23-30(28)35(42)43;/h1-23,31-32H,(H,40,41)(H,42,43);1H2. The molecule has 0 aliphatic rings. The summed E-state index contributed by atoms with van der Waals surface area (Å²) in [6.45, 7) is 0. The molecule has 0 aliphatic carbocycles. The lowest BCUT2D eigenvalue weighted by Crippen LogP contribution is -2.19. The molecule has 0 fully saturated rings. The first kappa shape index (κ1) is 30.9. The molecule has 45 heavy (non-hydrogen) atoms. The van der Waals surface area contributed by atoms with Gasteiger partial charge in [0.1, 0.15) is 6.04 Å². The van der Waals surface area contributed by atoms with Crippen molar-refractivity contribution in [3.63, 3.8) is 0 Å². The Morgan fingerprint density at radius 1 is 0.600 bits per heavy atom. The molecule has 4 N–H and O–H groups in total. The molecular formula is C36H29N3O5S. The molecule has 6 aromatic rings. The summed E-state index contributed by atoms with van der Waals surface area (Å²) in [6, 6.07) is 42.1. The Labute approximate surface area is 264 Å². The van der Waals surface area contributed by atoms with Gasteiger partial charge in [-0.3, -0.25) is 0 Å². The number of rotatable bonds is 10. The zero-order valence-electron chi connectivity index (χ0n) is 23.9. The van der Waals surface area contributed by atoms with Crippen LogP contribution < -0.4 is 0 Å². The van der Waals surface area contributed by atoms with Crippen molar-refractivity contribution in [3.8, 4) is 11.4 Å². The van der Waals surface area contributed by atoms with Crippen LogP contribution in [0.4, 0.5) is 0 Å². The van der Waals surface area contributed by atoms with Crippen molar-refractivity contribution in [2.75, 3.05) is 0 Å². The van der Waals surface area contributed by atoms with Crippen LogP contribution in [0.15, 0.2) is 145 Å². The summed E-state index contributed by atoms with van der Waals surface area (Å²) in [4.78, 5) is 29.8. The molecule has 1 heterocycles. The number of aromatic carboxylic acids is 2. The van der Waals surface area contributed by atoms with Crippen LogP contribution in [0.3, 0.4) is 0 Å². The minimum absolute atomic E-state index is 0. The van der Waals surface area contributed by atoms with E-state index in [1.165, 1.54) is 11.8 Å². The molecule has 6 rings (SSSR count). The van der Waals surface area contributed by atoms with Crippen LogP contribution in [0.5, 0.6) is 0 Å². The van der Waals surface area contributed by atoms with Crippen LogP contribution in [0.2, 0.25) is 0 Å². The zero-order valence-corrected chi connectivity index (χ0v) is 24.7. The molecule has 1 aromatic heterocycles. The largest absolute Gasteiger partial charge is 0.478 e. The Morgan fingerprint density at radius 3 is 1.64 bits per heavy atom. The van der Waals surface area contributed by atoms with Crippen LogP contribution in [-0.4, -0.2) is 42.4 Å². The third-order valence-electron chi connectivity index (χ3n) is 7.28. The minimum atomic E-state index is -1.04. The molecule has 0 spiro atoms. The van der Waals surface area contributed by atoms with Gasteiger partial charge in [-0.25, -0.2) is 19.3 Å². The van der Waals surface area contributed by atoms with Crippen LogP contribution >= 0.6 is 11.8 Å². The maximum Gasteiger partial charge on any atom is 0.336 e. The number of carbonyl (C=O) groups is 2. The van der Waals surface area contributed by atoms with Crippen LogP contribution in [0, 0.1) is 0 Å². The topological polar surface area (TPSA) is 137 Å². The second-order valence-electron chi connectivity index (χ2n) is 10.0. The van der Waals surface area contributed by atoms with E-state index in [1.54, 1.807) is 35.0 Å².